The van der Waals surface area contributed by atoms with Crippen molar-refractivity contribution < 1.29 is 0 Å². The molecule has 0 bridgehead atoms. The van der Waals surface area contributed by atoms with Gasteiger partial charge >= 0.3 is 0 Å². The SMILES string of the molecule is C1=CCN(CCCCC2Cc3ccccc3C2)CC1. The van der Waals surface area contributed by atoms with Crippen molar-refractivity contribution in [3.05, 3.63) is 47.5 Å². The fourth-order valence-electron chi connectivity index (χ4n) is 3.52. The van der Waals surface area contributed by atoms with Crippen LogP contribution < -0.4 is 0 Å². The number of nitrogens with zero attached hydrogens (tertiary/aromatic N) is 1. The van der Waals surface area contributed by atoms with E-state index in [1.807, 2.05) is 0 Å². The van der Waals surface area contributed by atoms with Crippen LogP contribution >= 0.6 is 0 Å². The fourth-order valence-corrected chi connectivity index (χ4v) is 3.52. The summed E-state index contributed by atoms with van der Waals surface area (Å²) in [6.07, 6.45) is 12.7. The monoisotopic (exact) mass is 255 g/mol. The summed E-state index contributed by atoms with van der Waals surface area (Å²) >= 11 is 0. The largest absolute Gasteiger partial charge is 0.299 e. The van der Waals surface area contributed by atoms with E-state index in [4.69, 9.17) is 0 Å². The van der Waals surface area contributed by atoms with Crippen LogP contribution in [0.25, 0.3) is 0 Å². The molecule has 2 aliphatic rings. The minimum Gasteiger partial charge on any atom is -0.299 e. The van der Waals surface area contributed by atoms with Crippen LogP contribution in [0.4, 0.5) is 0 Å². The Morgan fingerprint density at radius 2 is 1.79 bits per heavy atom. The van der Waals surface area contributed by atoms with E-state index in [1.54, 1.807) is 11.1 Å². The molecule has 0 atom stereocenters. The molecule has 0 aromatic heterocycles. The third-order valence-electron chi connectivity index (χ3n) is 4.61. The maximum absolute atomic E-state index is 2.59. The molecule has 1 aromatic carbocycles. The molecule has 0 unspecified atom stereocenters. The molecular weight excluding hydrogens is 230 g/mol. The first-order valence-corrected chi connectivity index (χ1v) is 7.86. The van der Waals surface area contributed by atoms with Gasteiger partial charge in [-0.25, -0.2) is 0 Å². The molecule has 1 heterocycles. The quantitative estimate of drug-likeness (QED) is 0.571. The maximum Gasteiger partial charge on any atom is 0.0163 e. The van der Waals surface area contributed by atoms with Gasteiger partial charge in [0, 0.05) is 13.1 Å². The predicted octanol–water partition coefficient (Wildman–Crippen LogP) is 3.83. The summed E-state index contributed by atoms with van der Waals surface area (Å²) in [5.74, 6) is 0.915. The average Bonchev–Trinajstić information content (AvgIpc) is 2.87. The van der Waals surface area contributed by atoms with Crippen LogP contribution in [0.15, 0.2) is 36.4 Å². The second kappa shape index (κ2) is 6.38. The lowest BCUT2D eigenvalue weighted by Gasteiger charge is -2.23. The van der Waals surface area contributed by atoms with Crippen LogP contribution in [0.3, 0.4) is 0 Å². The Kier molecular flexibility index (Phi) is 4.34. The summed E-state index contributed by atoms with van der Waals surface area (Å²) < 4.78 is 0. The molecule has 0 fully saturated rings. The number of hydrogen-bond donors (Lipinski definition) is 0. The van der Waals surface area contributed by atoms with Gasteiger partial charge in [-0.2, -0.15) is 0 Å². The van der Waals surface area contributed by atoms with Crippen molar-refractivity contribution >= 4 is 0 Å². The van der Waals surface area contributed by atoms with Gasteiger partial charge in [-0.3, -0.25) is 4.90 Å². The summed E-state index contributed by atoms with van der Waals surface area (Å²) in [6.45, 7) is 3.74. The molecule has 19 heavy (non-hydrogen) atoms. The Hall–Kier alpha value is -1.08. The lowest BCUT2D eigenvalue weighted by atomic mass is 9.99. The zero-order valence-corrected chi connectivity index (χ0v) is 11.9. The van der Waals surface area contributed by atoms with E-state index in [2.05, 4.69) is 41.3 Å². The highest BCUT2D eigenvalue weighted by Crippen LogP contribution is 2.29. The zero-order chi connectivity index (χ0) is 12.9. The van der Waals surface area contributed by atoms with E-state index in [9.17, 15) is 0 Å². The van der Waals surface area contributed by atoms with Gasteiger partial charge in [-0.05, 0) is 55.7 Å². The van der Waals surface area contributed by atoms with Gasteiger partial charge in [0.05, 0.1) is 0 Å². The highest BCUT2D eigenvalue weighted by atomic mass is 15.1. The van der Waals surface area contributed by atoms with Crippen molar-refractivity contribution in [1.29, 1.82) is 0 Å². The number of benzene rings is 1. The Balaban J connectivity index is 1.35. The molecule has 0 N–H and O–H groups in total. The van der Waals surface area contributed by atoms with E-state index < -0.39 is 0 Å². The minimum absolute atomic E-state index is 0.915. The molecule has 1 aromatic rings. The fraction of sp³-hybridized carbons (Fsp3) is 0.556. The van der Waals surface area contributed by atoms with Crippen molar-refractivity contribution in [1.82, 2.24) is 4.90 Å². The molecule has 0 radical (unpaired) electrons. The normalized spacial score (nSPS) is 19.8. The van der Waals surface area contributed by atoms with E-state index >= 15 is 0 Å². The molecule has 1 aliphatic carbocycles. The molecule has 102 valence electrons. The third-order valence-corrected chi connectivity index (χ3v) is 4.61. The Bertz CT molecular complexity index is 410. The smallest absolute Gasteiger partial charge is 0.0163 e. The molecule has 0 spiro atoms. The summed E-state index contributed by atoms with van der Waals surface area (Å²) in [7, 11) is 0. The summed E-state index contributed by atoms with van der Waals surface area (Å²) in [5, 5.41) is 0. The lowest BCUT2D eigenvalue weighted by molar-refractivity contribution is 0.287. The van der Waals surface area contributed by atoms with Crippen LogP contribution in [0.5, 0.6) is 0 Å². The van der Waals surface area contributed by atoms with Gasteiger partial charge in [-0.1, -0.05) is 42.8 Å². The van der Waals surface area contributed by atoms with Crippen LogP contribution in [-0.4, -0.2) is 24.5 Å². The number of unbranched alkanes of at least 4 members (excludes halogenated alkanes) is 1. The first kappa shape index (κ1) is 12.9. The summed E-state index contributed by atoms with van der Waals surface area (Å²) in [6, 6.07) is 9.00. The Morgan fingerprint density at radius 3 is 2.47 bits per heavy atom. The molecular formula is C18H25N. The highest BCUT2D eigenvalue weighted by molar-refractivity contribution is 5.31. The van der Waals surface area contributed by atoms with Crippen LogP contribution in [0, 0.1) is 5.92 Å². The lowest BCUT2D eigenvalue weighted by Crippen LogP contribution is -2.28. The summed E-state index contributed by atoms with van der Waals surface area (Å²) in [5.41, 5.74) is 3.21. The average molecular weight is 255 g/mol. The zero-order valence-electron chi connectivity index (χ0n) is 11.9. The molecule has 1 heteroatoms. The third kappa shape index (κ3) is 3.48. The van der Waals surface area contributed by atoms with E-state index in [0.29, 0.717) is 0 Å². The Labute approximate surface area is 117 Å². The van der Waals surface area contributed by atoms with Crippen molar-refractivity contribution in [3.8, 4) is 0 Å². The molecule has 1 nitrogen and oxygen atoms in total. The van der Waals surface area contributed by atoms with Gasteiger partial charge in [0.2, 0.25) is 0 Å². The van der Waals surface area contributed by atoms with Crippen molar-refractivity contribution in [3.63, 3.8) is 0 Å². The van der Waals surface area contributed by atoms with Crippen LogP contribution in [0.2, 0.25) is 0 Å². The second-order valence-electron chi connectivity index (χ2n) is 6.10. The van der Waals surface area contributed by atoms with Crippen molar-refractivity contribution in [2.45, 2.75) is 38.5 Å². The van der Waals surface area contributed by atoms with E-state index in [-0.39, 0.29) is 0 Å². The van der Waals surface area contributed by atoms with Crippen molar-refractivity contribution in [2.24, 2.45) is 5.92 Å². The number of fused-ring (bicyclic) bond motifs is 1. The van der Waals surface area contributed by atoms with Crippen LogP contribution in [0.1, 0.15) is 36.8 Å². The van der Waals surface area contributed by atoms with E-state index in [0.717, 1.165) is 5.92 Å². The molecule has 1 aliphatic heterocycles. The minimum atomic E-state index is 0.915. The van der Waals surface area contributed by atoms with E-state index in [1.165, 1.54) is 58.2 Å². The molecule has 0 saturated carbocycles. The standard InChI is InChI=1S/C18H25N/c1-5-11-19(12-6-1)13-7-4-8-16-14-17-9-2-3-10-18(17)15-16/h1-3,5,9-10,16H,4,6-8,11-15H2. The summed E-state index contributed by atoms with van der Waals surface area (Å²) in [4.78, 5) is 2.59. The van der Waals surface area contributed by atoms with Crippen LogP contribution in [-0.2, 0) is 12.8 Å². The number of rotatable bonds is 5. The first-order valence-electron chi connectivity index (χ1n) is 7.86. The topological polar surface area (TPSA) is 3.24 Å². The van der Waals surface area contributed by atoms with Gasteiger partial charge < -0.3 is 0 Å². The second-order valence-corrected chi connectivity index (χ2v) is 6.10. The highest BCUT2D eigenvalue weighted by Gasteiger charge is 2.20. The molecule has 0 amide bonds. The van der Waals surface area contributed by atoms with Gasteiger partial charge in [0.25, 0.3) is 0 Å². The number of hydrogen-bond acceptors (Lipinski definition) is 1. The first-order chi connectivity index (χ1) is 9.42. The van der Waals surface area contributed by atoms with Gasteiger partial charge in [0.15, 0.2) is 0 Å². The van der Waals surface area contributed by atoms with Gasteiger partial charge in [-0.15, -0.1) is 0 Å². The maximum atomic E-state index is 2.59. The molecule has 3 rings (SSSR count). The molecule has 0 saturated heterocycles. The van der Waals surface area contributed by atoms with Crippen molar-refractivity contribution in [2.75, 3.05) is 19.6 Å². The predicted molar refractivity (Wildman–Crippen MR) is 81.4 cm³/mol. The van der Waals surface area contributed by atoms with Gasteiger partial charge in [0.1, 0.15) is 0 Å². The Morgan fingerprint density at radius 1 is 1.00 bits per heavy atom.